The van der Waals surface area contributed by atoms with Crippen molar-refractivity contribution in [3.63, 3.8) is 0 Å². The summed E-state index contributed by atoms with van der Waals surface area (Å²) < 4.78 is 11.4. The molecule has 0 aromatic heterocycles. The van der Waals surface area contributed by atoms with Crippen molar-refractivity contribution in [2.45, 2.75) is 20.8 Å². The number of rotatable bonds is 2. The average Bonchev–Trinajstić information content (AvgIpc) is 1.89. The maximum Gasteiger partial charge on any atom is 0.154 e. The van der Waals surface area contributed by atoms with E-state index < -0.39 is 7.14 Å². The van der Waals surface area contributed by atoms with Crippen molar-refractivity contribution in [1.29, 1.82) is 0 Å². The SMILES string of the molecule is CC#CP(=O)(CC)CC. The Morgan fingerprint density at radius 1 is 1.33 bits per heavy atom. The van der Waals surface area contributed by atoms with Gasteiger partial charge in [-0.3, -0.25) is 0 Å². The van der Waals surface area contributed by atoms with E-state index in [9.17, 15) is 4.57 Å². The summed E-state index contributed by atoms with van der Waals surface area (Å²) >= 11 is 0. The molecule has 0 saturated carbocycles. The van der Waals surface area contributed by atoms with Crippen LogP contribution >= 0.6 is 7.14 Å². The van der Waals surface area contributed by atoms with Crippen LogP contribution in [0.1, 0.15) is 20.8 Å². The molecule has 0 radical (unpaired) electrons. The topological polar surface area (TPSA) is 17.1 Å². The van der Waals surface area contributed by atoms with Gasteiger partial charge in [-0.15, -0.1) is 0 Å². The Labute approximate surface area is 57.2 Å². The van der Waals surface area contributed by atoms with Crippen LogP contribution in [0.4, 0.5) is 0 Å². The summed E-state index contributed by atoms with van der Waals surface area (Å²) in [6, 6.07) is 0. The van der Waals surface area contributed by atoms with Crippen LogP contribution in [0.25, 0.3) is 0 Å². The van der Waals surface area contributed by atoms with Crippen LogP contribution in [0.5, 0.6) is 0 Å². The Balaban J connectivity index is 4.23. The molecular weight excluding hydrogens is 131 g/mol. The van der Waals surface area contributed by atoms with Gasteiger partial charge < -0.3 is 4.57 Å². The van der Waals surface area contributed by atoms with E-state index in [2.05, 4.69) is 11.6 Å². The minimum Gasteiger partial charge on any atom is -0.310 e. The van der Waals surface area contributed by atoms with E-state index in [1.54, 1.807) is 6.92 Å². The van der Waals surface area contributed by atoms with Crippen molar-refractivity contribution in [3.8, 4) is 11.6 Å². The summed E-state index contributed by atoms with van der Waals surface area (Å²) in [5.41, 5.74) is 2.76. The predicted octanol–water partition coefficient (Wildman–Crippen LogP) is 2.37. The fraction of sp³-hybridized carbons (Fsp3) is 0.714. The predicted molar refractivity (Wildman–Crippen MR) is 42.1 cm³/mol. The van der Waals surface area contributed by atoms with Crippen molar-refractivity contribution in [3.05, 3.63) is 0 Å². The van der Waals surface area contributed by atoms with Crippen molar-refractivity contribution in [2.75, 3.05) is 12.3 Å². The summed E-state index contributed by atoms with van der Waals surface area (Å²) in [4.78, 5) is 0. The van der Waals surface area contributed by atoms with Gasteiger partial charge in [0.05, 0.1) is 0 Å². The molecule has 0 aromatic carbocycles. The molecule has 0 atom stereocenters. The van der Waals surface area contributed by atoms with Gasteiger partial charge in [-0.1, -0.05) is 19.8 Å². The first-order chi connectivity index (χ1) is 4.18. The number of hydrogen-bond donors (Lipinski definition) is 0. The number of hydrogen-bond acceptors (Lipinski definition) is 1. The molecule has 0 heterocycles. The third-order valence-electron chi connectivity index (χ3n) is 1.34. The van der Waals surface area contributed by atoms with E-state index in [1.807, 2.05) is 13.8 Å². The largest absolute Gasteiger partial charge is 0.310 e. The molecule has 0 unspecified atom stereocenters. The second-order valence-corrected chi connectivity index (χ2v) is 5.15. The standard InChI is InChI=1S/C7H13OP/c1-4-7-9(8,5-2)6-3/h5-6H2,1-3H3. The average molecular weight is 144 g/mol. The summed E-state index contributed by atoms with van der Waals surface area (Å²) in [6.07, 6.45) is 1.43. The third-order valence-corrected chi connectivity index (χ3v) is 4.01. The maximum atomic E-state index is 11.4. The Hall–Kier alpha value is -0.210. The lowest BCUT2D eigenvalue weighted by molar-refractivity contribution is 0.583. The van der Waals surface area contributed by atoms with Gasteiger partial charge in [0, 0.05) is 12.3 Å². The van der Waals surface area contributed by atoms with Crippen LogP contribution in [0, 0.1) is 11.6 Å². The molecule has 9 heavy (non-hydrogen) atoms. The van der Waals surface area contributed by atoms with Gasteiger partial charge in [0.1, 0.15) is 0 Å². The first-order valence-corrected chi connectivity index (χ1v) is 5.28. The zero-order valence-corrected chi connectivity index (χ0v) is 7.16. The van der Waals surface area contributed by atoms with Crippen molar-refractivity contribution in [2.24, 2.45) is 0 Å². The Kier molecular flexibility index (Phi) is 3.66. The van der Waals surface area contributed by atoms with Gasteiger partial charge in [0.15, 0.2) is 7.14 Å². The smallest absolute Gasteiger partial charge is 0.154 e. The summed E-state index contributed by atoms with van der Waals surface area (Å²) in [5, 5.41) is 0. The van der Waals surface area contributed by atoms with Gasteiger partial charge in [-0.05, 0) is 12.6 Å². The Bertz CT molecular complexity index is 165. The molecule has 2 heteroatoms. The minimum atomic E-state index is -2.04. The molecular formula is C7H13OP. The van der Waals surface area contributed by atoms with Gasteiger partial charge in [-0.2, -0.15) is 0 Å². The van der Waals surface area contributed by atoms with E-state index in [-0.39, 0.29) is 0 Å². The van der Waals surface area contributed by atoms with E-state index in [4.69, 9.17) is 0 Å². The van der Waals surface area contributed by atoms with E-state index in [0.29, 0.717) is 12.3 Å². The third kappa shape index (κ3) is 2.72. The molecule has 0 saturated heterocycles. The molecule has 0 rings (SSSR count). The first kappa shape index (κ1) is 8.79. The highest BCUT2D eigenvalue weighted by atomic mass is 31.2. The molecule has 0 amide bonds. The second kappa shape index (κ2) is 3.75. The molecule has 1 nitrogen and oxygen atoms in total. The molecule has 0 aromatic rings. The molecule has 0 aliphatic carbocycles. The molecule has 0 fully saturated rings. The Morgan fingerprint density at radius 3 is 1.89 bits per heavy atom. The zero-order chi connectivity index (χ0) is 7.33. The molecule has 0 aliphatic rings. The van der Waals surface area contributed by atoms with Crippen LogP contribution < -0.4 is 0 Å². The Morgan fingerprint density at radius 2 is 1.78 bits per heavy atom. The fourth-order valence-corrected chi connectivity index (χ4v) is 1.76. The normalized spacial score (nSPS) is 10.1. The van der Waals surface area contributed by atoms with E-state index in [0.717, 1.165) is 0 Å². The zero-order valence-electron chi connectivity index (χ0n) is 6.27. The van der Waals surface area contributed by atoms with Crippen LogP contribution in [0.2, 0.25) is 0 Å². The summed E-state index contributed by atoms with van der Waals surface area (Å²) in [6.45, 7) is 5.58. The highest BCUT2D eigenvalue weighted by molar-refractivity contribution is 7.68. The van der Waals surface area contributed by atoms with E-state index >= 15 is 0 Å². The lowest BCUT2D eigenvalue weighted by atomic mass is 10.8. The minimum absolute atomic E-state index is 0.713. The molecule has 0 aliphatic heterocycles. The second-order valence-electron chi connectivity index (χ2n) is 1.88. The van der Waals surface area contributed by atoms with Crippen LogP contribution in [-0.4, -0.2) is 12.3 Å². The van der Waals surface area contributed by atoms with E-state index in [1.165, 1.54) is 0 Å². The van der Waals surface area contributed by atoms with Gasteiger partial charge >= 0.3 is 0 Å². The van der Waals surface area contributed by atoms with Crippen LogP contribution in [0.15, 0.2) is 0 Å². The molecule has 0 bridgehead atoms. The van der Waals surface area contributed by atoms with Gasteiger partial charge in [0.2, 0.25) is 0 Å². The summed E-state index contributed by atoms with van der Waals surface area (Å²) in [7, 11) is -2.04. The quantitative estimate of drug-likeness (QED) is 0.429. The van der Waals surface area contributed by atoms with Gasteiger partial charge in [0.25, 0.3) is 0 Å². The van der Waals surface area contributed by atoms with Crippen LogP contribution in [-0.2, 0) is 4.57 Å². The van der Waals surface area contributed by atoms with Crippen molar-refractivity contribution in [1.82, 2.24) is 0 Å². The molecule has 0 spiro atoms. The molecule has 52 valence electrons. The van der Waals surface area contributed by atoms with Gasteiger partial charge in [-0.25, -0.2) is 0 Å². The lowest BCUT2D eigenvalue weighted by Gasteiger charge is -2.02. The van der Waals surface area contributed by atoms with Crippen molar-refractivity contribution >= 4 is 7.14 Å². The van der Waals surface area contributed by atoms with Crippen LogP contribution in [0.3, 0.4) is 0 Å². The fourth-order valence-electron chi connectivity index (χ4n) is 0.585. The first-order valence-electron chi connectivity index (χ1n) is 3.20. The highest BCUT2D eigenvalue weighted by Crippen LogP contribution is 2.42. The lowest BCUT2D eigenvalue weighted by Crippen LogP contribution is -1.83. The summed E-state index contributed by atoms with van der Waals surface area (Å²) in [5.74, 6) is 2.70. The maximum absolute atomic E-state index is 11.4. The monoisotopic (exact) mass is 144 g/mol. The van der Waals surface area contributed by atoms with Crippen molar-refractivity contribution < 1.29 is 4.57 Å². The molecule has 0 N–H and O–H groups in total. The highest BCUT2D eigenvalue weighted by Gasteiger charge is 2.11.